The number of aryl methyl sites for hydroxylation is 1. The molecule has 3 aromatic rings. The van der Waals surface area contributed by atoms with E-state index in [1.165, 1.54) is 0 Å². The molecule has 0 aliphatic carbocycles. The zero-order chi connectivity index (χ0) is 21.8. The Hall–Kier alpha value is -2.96. The standard InChI is InChI=1S/C24H25ClN4O2/c1-16-10-15-29(20-8-13-27-14-9-20)24(31)21(16)23(30)28-22(18-6-11-26-12-7-18)17-2-4-19(25)5-3-17/h2-7,10-12,15,20,22,27H,8-9,13-14H2,1H3,(H,28,30). The second kappa shape index (κ2) is 9.45. The maximum Gasteiger partial charge on any atom is 0.263 e. The van der Waals surface area contributed by atoms with E-state index in [0.717, 1.165) is 37.1 Å². The van der Waals surface area contributed by atoms with Crippen molar-refractivity contribution in [3.8, 4) is 0 Å². The molecule has 1 aromatic carbocycles. The van der Waals surface area contributed by atoms with Crippen LogP contribution in [0.2, 0.25) is 5.02 Å². The van der Waals surface area contributed by atoms with Gasteiger partial charge in [-0.05, 0) is 79.9 Å². The van der Waals surface area contributed by atoms with Crippen molar-refractivity contribution >= 4 is 17.5 Å². The first-order valence-corrected chi connectivity index (χ1v) is 10.8. The highest BCUT2D eigenvalue weighted by molar-refractivity contribution is 6.30. The Morgan fingerprint density at radius 2 is 1.74 bits per heavy atom. The summed E-state index contributed by atoms with van der Waals surface area (Å²) in [6.07, 6.45) is 6.91. The molecule has 160 valence electrons. The number of hydrogen-bond acceptors (Lipinski definition) is 4. The molecule has 6 nitrogen and oxygen atoms in total. The van der Waals surface area contributed by atoms with Crippen molar-refractivity contribution in [2.45, 2.75) is 31.8 Å². The van der Waals surface area contributed by atoms with E-state index in [2.05, 4.69) is 15.6 Å². The largest absolute Gasteiger partial charge is 0.341 e. The fraction of sp³-hybridized carbons (Fsp3) is 0.292. The molecule has 1 aliphatic heterocycles. The van der Waals surface area contributed by atoms with E-state index in [9.17, 15) is 9.59 Å². The predicted octanol–water partition coefficient (Wildman–Crippen LogP) is 3.65. The number of nitrogens with zero attached hydrogens (tertiary/aromatic N) is 2. The van der Waals surface area contributed by atoms with Crippen LogP contribution in [0.5, 0.6) is 0 Å². The number of benzene rings is 1. The first-order valence-electron chi connectivity index (χ1n) is 10.4. The van der Waals surface area contributed by atoms with Gasteiger partial charge < -0.3 is 15.2 Å². The monoisotopic (exact) mass is 436 g/mol. The van der Waals surface area contributed by atoms with Crippen LogP contribution in [-0.4, -0.2) is 28.5 Å². The van der Waals surface area contributed by atoms with Gasteiger partial charge >= 0.3 is 0 Å². The van der Waals surface area contributed by atoms with Crippen LogP contribution in [0.3, 0.4) is 0 Å². The van der Waals surface area contributed by atoms with Gasteiger partial charge in [0.2, 0.25) is 0 Å². The van der Waals surface area contributed by atoms with Gasteiger partial charge in [0.05, 0.1) is 6.04 Å². The molecule has 31 heavy (non-hydrogen) atoms. The van der Waals surface area contributed by atoms with E-state index in [1.54, 1.807) is 36.0 Å². The van der Waals surface area contributed by atoms with Crippen LogP contribution >= 0.6 is 11.6 Å². The van der Waals surface area contributed by atoms with Gasteiger partial charge in [-0.2, -0.15) is 0 Å². The molecule has 4 rings (SSSR count). The molecule has 1 atom stereocenters. The van der Waals surface area contributed by atoms with Crippen LogP contribution in [0.15, 0.2) is 65.8 Å². The van der Waals surface area contributed by atoms with Crippen LogP contribution in [0.4, 0.5) is 0 Å². The molecule has 0 bridgehead atoms. The second-order valence-electron chi connectivity index (χ2n) is 7.81. The van der Waals surface area contributed by atoms with E-state index in [4.69, 9.17) is 11.6 Å². The van der Waals surface area contributed by atoms with Crippen molar-refractivity contribution in [3.63, 3.8) is 0 Å². The number of nitrogens with one attached hydrogen (secondary N) is 2. The lowest BCUT2D eigenvalue weighted by molar-refractivity contribution is 0.0939. The van der Waals surface area contributed by atoms with E-state index in [1.807, 2.05) is 36.5 Å². The number of hydrogen-bond donors (Lipinski definition) is 2. The number of carbonyl (C=O) groups excluding carboxylic acids is 1. The third-order valence-corrected chi connectivity index (χ3v) is 6.03. The third kappa shape index (κ3) is 4.70. The predicted molar refractivity (Wildman–Crippen MR) is 122 cm³/mol. The second-order valence-corrected chi connectivity index (χ2v) is 8.24. The van der Waals surface area contributed by atoms with E-state index in [-0.39, 0.29) is 23.1 Å². The highest BCUT2D eigenvalue weighted by Crippen LogP contribution is 2.24. The fourth-order valence-corrected chi connectivity index (χ4v) is 4.19. The number of carbonyl (C=O) groups is 1. The van der Waals surface area contributed by atoms with Crippen LogP contribution in [0, 0.1) is 6.92 Å². The van der Waals surface area contributed by atoms with Crippen molar-refractivity contribution in [1.29, 1.82) is 0 Å². The minimum atomic E-state index is -0.431. The lowest BCUT2D eigenvalue weighted by Gasteiger charge is -2.26. The number of piperidine rings is 1. The fourth-order valence-electron chi connectivity index (χ4n) is 4.06. The van der Waals surface area contributed by atoms with Gasteiger partial charge in [0.1, 0.15) is 5.56 Å². The zero-order valence-electron chi connectivity index (χ0n) is 17.3. The summed E-state index contributed by atoms with van der Waals surface area (Å²) in [5, 5.41) is 6.99. The molecule has 0 radical (unpaired) electrons. The summed E-state index contributed by atoms with van der Waals surface area (Å²) in [5.41, 5.74) is 2.36. The summed E-state index contributed by atoms with van der Waals surface area (Å²) in [4.78, 5) is 30.7. The average molecular weight is 437 g/mol. The van der Waals surface area contributed by atoms with E-state index >= 15 is 0 Å². The quantitative estimate of drug-likeness (QED) is 0.640. The summed E-state index contributed by atoms with van der Waals surface area (Å²) in [6.45, 7) is 3.53. The minimum absolute atomic E-state index is 0.105. The highest BCUT2D eigenvalue weighted by atomic mass is 35.5. The molecule has 1 saturated heterocycles. The molecule has 2 aromatic heterocycles. The van der Waals surface area contributed by atoms with Crippen molar-refractivity contribution < 1.29 is 4.79 Å². The summed E-state index contributed by atoms with van der Waals surface area (Å²) in [5.74, 6) is -0.387. The van der Waals surface area contributed by atoms with Crippen LogP contribution in [0.25, 0.3) is 0 Å². The van der Waals surface area contributed by atoms with Crippen molar-refractivity contribution in [1.82, 2.24) is 20.2 Å². The highest BCUT2D eigenvalue weighted by Gasteiger charge is 2.24. The minimum Gasteiger partial charge on any atom is -0.341 e. The molecule has 1 unspecified atom stereocenters. The number of rotatable bonds is 5. The molecular formula is C24H25ClN4O2. The van der Waals surface area contributed by atoms with Gasteiger partial charge in [-0.15, -0.1) is 0 Å². The molecule has 0 spiro atoms. The van der Waals surface area contributed by atoms with Crippen LogP contribution < -0.4 is 16.2 Å². The summed E-state index contributed by atoms with van der Waals surface area (Å²) < 4.78 is 1.71. The SMILES string of the molecule is Cc1ccn(C2CCNCC2)c(=O)c1C(=O)NC(c1ccncc1)c1ccc(Cl)cc1. The van der Waals surface area contributed by atoms with Gasteiger partial charge in [-0.3, -0.25) is 14.6 Å². The lowest BCUT2D eigenvalue weighted by atomic mass is 9.98. The van der Waals surface area contributed by atoms with E-state index < -0.39 is 6.04 Å². The van der Waals surface area contributed by atoms with Gasteiger partial charge in [0, 0.05) is 29.7 Å². The number of aromatic nitrogens is 2. The topological polar surface area (TPSA) is 76.0 Å². The zero-order valence-corrected chi connectivity index (χ0v) is 18.1. The Labute approximate surface area is 186 Å². The number of amides is 1. The van der Waals surface area contributed by atoms with Crippen molar-refractivity contribution in [3.05, 3.63) is 98.7 Å². The number of halogens is 1. The molecule has 1 amide bonds. The van der Waals surface area contributed by atoms with Crippen molar-refractivity contribution in [2.75, 3.05) is 13.1 Å². The molecule has 0 saturated carbocycles. The summed E-state index contributed by atoms with van der Waals surface area (Å²) in [6, 6.07) is 12.5. The maximum atomic E-state index is 13.4. The molecule has 1 aliphatic rings. The Morgan fingerprint density at radius 3 is 2.42 bits per heavy atom. The normalized spacial score (nSPS) is 15.4. The third-order valence-electron chi connectivity index (χ3n) is 5.78. The lowest BCUT2D eigenvalue weighted by Crippen LogP contribution is -2.39. The Morgan fingerprint density at radius 1 is 1.10 bits per heavy atom. The van der Waals surface area contributed by atoms with Gasteiger partial charge in [-0.25, -0.2) is 0 Å². The molecule has 2 N–H and O–H groups in total. The summed E-state index contributed by atoms with van der Waals surface area (Å²) in [7, 11) is 0. The Balaban J connectivity index is 1.69. The van der Waals surface area contributed by atoms with Gasteiger partial charge in [-0.1, -0.05) is 23.7 Å². The first-order chi connectivity index (χ1) is 15.0. The summed E-state index contributed by atoms with van der Waals surface area (Å²) >= 11 is 6.05. The van der Waals surface area contributed by atoms with Gasteiger partial charge in [0.25, 0.3) is 11.5 Å². The average Bonchev–Trinajstić information content (AvgIpc) is 2.79. The Bertz CT molecular complexity index is 1110. The smallest absolute Gasteiger partial charge is 0.263 e. The molecule has 7 heteroatoms. The van der Waals surface area contributed by atoms with Crippen molar-refractivity contribution in [2.24, 2.45) is 0 Å². The molecule has 3 heterocycles. The molecular weight excluding hydrogens is 412 g/mol. The number of pyridine rings is 2. The molecule has 1 fully saturated rings. The van der Waals surface area contributed by atoms with Gasteiger partial charge in [0.15, 0.2) is 0 Å². The van der Waals surface area contributed by atoms with Crippen LogP contribution in [-0.2, 0) is 0 Å². The van der Waals surface area contributed by atoms with E-state index in [0.29, 0.717) is 10.6 Å². The Kier molecular flexibility index (Phi) is 6.49. The first kappa shape index (κ1) is 21.3. The van der Waals surface area contributed by atoms with Crippen LogP contribution in [0.1, 0.15) is 52.0 Å². The maximum absolute atomic E-state index is 13.4.